The maximum atomic E-state index is 12.2. The number of carbonyl (C=O) groups excluding carboxylic acids is 1. The van der Waals surface area contributed by atoms with Gasteiger partial charge >= 0.3 is 0 Å². The van der Waals surface area contributed by atoms with Crippen LogP contribution in [0.15, 0.2) is 18.6 Å². The number of fused-ring (bicyclic) bond motifs is 1. The van der Waals surface area contributed by atoms with Crippen LogP contribution in [0.25, 0.3) is 11.2 Å². The van der Waals surface area contributed by atoms with E-state index in [0.29, 0.717) is 12.1 Å². The van der Waals surface area contributed by atoms with E-state index in [0.717, 1.165) is 28.3 Å². The molecular weight excluding hydrogens is 298 g/mol. The fraction of sp³-hybridized carbons (Fsp3) is 0.333. The van der Waals surface area contributed by atoms with Crippen molar-refractivity contribution >= 4 is 28.4 Å². The quantitative estimate of drug-likeness (QED) is 0.799. The molecule has 0 aliphatic carbocycles. The molecule has 3 heterocycles. The Morgan fingerprint density at radius 3 is 2.91 bits per heavy atom. The summed E-state index contributed by atoms with van der Waals surface area (Å²) in [5.41, 5.74) is 3.08. The number of nitrogens with one attached hydrogen (secondary N) is 1. The molecule has 0 bridgehead atoms. The Kier molecular flexibility index (Phi) is 3.89. The number of pyridine rings is 1. The highest BCUT2D eigenvalue weighted by Crippen LogP contribution is 2.16. The second-order valence-electron chi connectivity index (χ2n) is 5.18. The summed E-state index contributed by atoms with van der Waals surface area (Å²) in [6.45, 7) is 4.62. The lowest BCUT2D eigenvalue weighted by molar-refractivity contribution is 0.0954. The van der Waals surface area contributed by atoms with E-state index in [1.54, 1.807) is 29.9 Å². The fourth-order valence-corrected chi connectivity index (χ4v) is 3.10. The van der Waals surface area contributed by atoms with E-state index in [4.69, 9.17) is 0 Å². The summed E-state index contributed by atoms with van der Waals surface area (Å²) in [4.78, 5) is 26.3. The first kappa shape index (κ1) is 14.6. The third kappa shape index (κ3) is 2.85. The minimum atomic E-state index is -0.134. The van der Waals surface area contributed by atoms with Gasteiger partial charge in [-0.2, -0.15) is 0 Å². The Morgan fingerprint density at radius 1 is 1.36 bits per heavy atom. The lowest BCUT2D eigenvalue weighted by Gasteiger charge is -2.04. The molecule has 1 N–H and O–H groups in total. The molecule has 0 aliphatic heterocycles. The van der Waals surface area contributed by atoms with Crippen LogP contribution in [-0.4, -0.2) is 32.0 Å². The van der Waals surface area contributed by atoms with E-state index in [1.165, 1.54) is 4.88 Å². The molecule has 0 fully saturated rings. The molecule has 22 heavy (non-hydrogen) atoms. The Bertz CT molecular complexity index is 816. The standard InChI is InChI=1S/C15H17N5OS/c1-9-10(2)22-13(19-9)4-5-16-15(21)11-6-12-14(17-7-11)20(3)8-18-12/h6-8H,4-5H2,1-3H3,(H,16,21). The minimum absolute atomic E-state index is 0.134. The van der Waals surface area contributed by atoms with Gasteiger partial charge in [0.15, 0.2) is 5.65 Å². The molecule has 0 saturated heterocycles. The summed E-state index contributed by atoms with van der Waals surface area (Å²) in [6, 6.07) is 1.76. The van der Waals surface area contributed by atoms with Crippen molar-refractivity contribution in [2.75, 3.05) is 6.54 Å². The summed E-state index contributed by atoms with van der Waals surface area (Å²) in [6.07, 6.45) is 4.01. The maximum Gasteiger partial charge on any atom is 0.252 e. The van der Waals surface area contributed by atoms with Gasteiger partial charge in [0.2, 0.25) is 0 Å². The summed E-state index contributed by atoms with van der Waals surface area (Å²) in [5, 5.41) is 3.95. The molecule has 0 spiro atoms. The Balaban J connectivity index is 1.63. The summed E-state index contributed by atoms with van der Waals surface area (Å²) in [5.74, 6) is -0.134. The summed E-state index contributed by atoms with van der Waals surface area (Å²) < 4.78 is 1.82. The zero-order valence-corrected chi connectivity index (χ0v) is 13.6. The molecule has 0 radical (unpaired) electrons. The van der Waals surface area contributed by atoms with Crippen molar-refractivity contribution in [2.45, 2.75) is 20.3 Å². The van der Waals surface area contributed by atoms with Crippen LogP contribution in [0, 0.1) is 13.8 Å². The molecule has 0 aromatic carbocycles. The van der Waals surface area contributed by atoms with Crippen LogP contribution in [-0.2, 0) is 13.5 Å². The Labute approximate surface area is 132 Å². The van der Waals surface area contributed by atoms with Gasteiger partial charge < -0.3 is 9.88 Å². The third-order valence-corrected chi connectivity index (χ3v) is 4.64. The number of nitrogens with zero attached hydrogens (tertiary/aromatic N) is 4. The second kappa shape index (κ2) is 5.84. The molecule has 6 nitrogen and oxygen atoms in total. The van der Waals surface area contributed by atoms with Crippen molar-refractivity contribution in [1.82, 2.24) is 24.8 Å². The van der Waals surface area contributed by atoms with Gasteiger partial charge in [0, 0.05) is 31.1 Å². The highest BCUT2D eigenvalue weighted by molar-refractivity contribution is 7.11. The van der Waals surface area contributed by atoms with Crippen molar-refractivity contribution in [3.63, 3.8) is 0 Å². The maximum absolute atomic E-state index is 12.2. The molecule has 3 rings (SSSR count). The van der Waals surface area contributed by atoms with Crippen LogP contribution >= 0.6 is 11.3 Å². The monoisotopic (exact) mass is 315 g/mol. The summed E-state index contributed by atoms with van der Waals surface area (Å²) >= 11 is 1.68. The number of hydrogen-bond donors (Lipinski definition) is 1. The van der Waals surface area contributed by atoms with Crippen molar-refractivity contribution in [1.29, 1.82) is 0 Å². The third-order valence-electron chi connectivity index (χ3n) is 3.51. The number of amides is 1. The van der Waals surface area contributed by atoms with E-state index in [2.05, 4.69) is 27.2 Å². The highest BCUT2D eigenvalue weighted by Gasteiger charge is 2.10. The summed E-state index contributed by atoms with van der Waals surface area (Å²) in [7, 11) is 1.88. The molecule has 0 saturated carbocycles. The fourth-order valence-electron chi connectivity index (χ4n) is 2.17. The van der Waals surface area contributed by atoms with E-state index in [9.17, 15) is 4.79 Å². The Hall–Kier alpha value is -2.28. The topological polar surface area (TPSA) is 72.7 Å². The van der Waals surface area contributed by atoms with Gasteiger partial charge in [0.05, 0.1) is 22.6 Å². The van der Waals surface area contributed by atoms with Crippen LogP contribution in [0.4, 0.5) is 0 Å². The van der Waals surface area contributed by atoms with Crippen LogP contribution in [0.5, 0.6) is 0 Å². The SMILES string of the molecule is Cc1nc(CCNC(=O)c2cnc3c(c2)ncn3C)sc1C. The number of imidazole rings is 1. The Morgan fingerprint density at radius 2 is 2.18 bits per heavy atom. The molecule has 1 amide bonds. The van der Waals surface area contributed by atoms with Gasteiger partial charge in [-0.3, -0.25) is 4.79 Å². The van der Waals surface area contributed by atoms with Gasteiger partial charge in [-0.15, -0.1) is 11.3 Å². The van der Waals surface area contributed by atoms with E-state index in [-0.39, 0.29) is 5.91 Å². The van der Waals surface area contributed by atoms with Crippen molar-refractivity contribution in [3.8, 4) is 0 Å². The van der Waals surface area contributed by atoms with Crippen molar-refractivity contribution in [2.24, 2.45) is 7.05 Å². The molecular formula is C15H17N5OS. The number of aryl methyl sites for hydroxylation is 3. The first-order valence-corrected chi connectivity index (χ1v) is 7.84. The van der Waals surface area contributed by atoms with E-state index >= 15 is 0 Å². The number of carbonyl (C=O) groups is 1. The smallest absolute Gasteiger partial charge is 0.252 e. The molecule has 3 aromatic rings. The van der Waals surface area contributed by atoms with E-state index < -0.39 is 0 Å². The van der Waals surface area contributed by atoms with Gasteiger partial charge in [-0.05, 0) is 19.9 Å². The number of thiazole rings is 1. The predicted octanol–water partition coefficient (Wildman–Crippen LogP) is 2.01. The largest absolute Gasteiger partial charge is 0.352 e. The first-order chi connectivity index (χ1) is 10.5. The zero-order valence-electron chi connectivity index (χ0n) is 12.8. The number of aromatic nitrogens is 4. The van der Waals surface area contributed by atoms with Crippen molar-refractivity contribution < 1.29 is 4.79 Å². The first-order valence-electron chi connectivity index (χ1n) is 7.03. The van der Waals surface area contributed by atoms with Gasteiger partial charge in [0.1, 0.15) is 5.52 Å². The predicted molar refractivity (Wildman–Crippen MR) is 86.1 cm³/mol. The van der Waals surface area contributed by atoms with E-state index in [1.807, 2.05) is 18.5 Å². The molecule has 0 aliphatic rings. The van der Waals surface area contributed by atoms with Gasteiger partial charge in [0.25, 0.3) is 5.91 Å². The van der Waals surface area contributed by atoms with Crippen LogP contribution in [0.3, 0.4) is 0 Å². The molecule has 3 aromatic heterocycles. The molecule has 0 atom stereocenters. The second-order valence-corrected chi connectivity index (χ2v) is 6.47. The molecule has 114 valence electrons. The lowest BCUT2D eigenvalue weighted by Crippen LogP contribution is -2.25. The average Bonchev–Trinajstić information content (AvgIpc) is 3.02. The minimum Gasteiger partial charge on any atom is -0.352 e. The number of hydrogen-bond acceptors (Lipinski definition) is 5. The van der Waals surface area contributed by atoms with Crippen LogP contribution in [0.2, 0.25) is 0 Å². The average molecular weight is 315 g/mol. The van der Waals surface area contributed by atoms with Gasteiger partial charge in [-0.1, -0.05) is 0 Å². The molecule has 0 unspecified atom stereocenters. The van der Waals surface area contributed by atoms with Crippen LogP contribution < -0.4 is 5.32 Å². The zero-order chi connectivity index (χ0) is 15.7. The van der Waals surface area contributed by atoms with Gasteiger partial charge in [-0.25, -0.2) is 15.0 Å². The van der Waals surface area contributed by atoms with Crippen LogP contribution in [0.1, 0.15) is 25.9 Å². The molecule has 7 heteroatoms. The van der Waals surface area contributed by atoms with Crippen molar-refractivity contribution in [3.05, 3.63) is 39.7 Å². The number of rotatable bonds is 4. The highest BCUT2D eigenvalue weighted by atomic mass is 32.1. The normalized spacial score (nSPS) is 11.0. The lowest BCUT2D eigenvalue weighted by atomic mass is 10.2.